The zero-order valence-electron chi connectivity index (χ0n) is 12.0. The van der Waals surface area contributed by atoms with Crippen LogP contribution in [0.3, 0.4) is 0 Å². The Morgan fingerprint density at radius 3 is 2.47 bits per heavy atom. The van der Waals surface area contributed by atoms with Crippen molar-refractivity contribution in [2.75, 3.05) is 11.6 Å². The second kappa shape index (κ2) is 6.02. The van der Waals surface area contributed by atoms with Crippen molar-refractivity contribution in [3.63, 3.8) is 0 Å². The lowest BCUT2D eigenvalue weighted by Crippen LogP contribution is -2.07. The molecule has 19 heavy (non-hydrogen) atoms. The molecule has 0 aliphatic heterocycles. The maximum atomic E-state index is 3.53. The van der Waals surface area contributed by atoms with Crippen LogP contribution in [0.2, 0.25) is 0 Å². The molecule has 0 aliphatic carbocycles. The van der Waals surface area contributed by atoms with E-state index >= 15 is 0 Å². The van der Waals surface area contributed by atoms with E-state index in [9.17, 15) is 0 Å². The fraction of sp³-hybridized carbons (Fsp3) is 0.375. The molecule has 3 heteroatoms. The van der Waals surface area contributed by atoms with Crippen molar-refractivity contribution in [1.29, 1.82) is 0 Å². The van der Waals surface area contributed by atoms with Gasteiger partial charge in [-0.1, -0.05) is 32.9 Å². The predicted molar refractivity (Wildman–Crippen MR) is 88.6 cm³/mol. The Bertz CT molecular complexity index is 538. The molecule has 0 aliphatic rings. The summed E-state index contributed by atoms with van der Waals surface area (Å²) in [7, 11) is 0. The Morgan fingerprint density at radius 1 is 1.11 bits per heavy atom. The largest absolute Gasteiger partial charge is 0.379 e. The zero-order valence-corrected chi connectivity index (χ0v) is 13.6. The Balaban J connectivity index is 2.05. The molecule has 0 spiro atoms. The molecule has 1 aromatic carbocycles. The molecule has 2 aromatic rings. The summed E-state index contributed by atoms with van der Waals surface area (Å²) >= 11 is 3.68. The first kappa shape index (κ1) is 14.5. The molecule has 0 unspecified atom stereocenters. The summed E-state index contributed by atoms with van der Waals surface area (Å²) in [6.07, 6.45) is 2.11. The molecule has 1 N–H and O–H groups in total. The number of hydrogen-bond acceptors (Lipinski definition) is 3. The number of thiophene rings is 1. The van der Waals surface area contributed by atoms with Crippen molar-refractivity contribution >= 4 is 28.8 Å². The zero-order chi connectivity index (χ0) is 13.9. The summed E-state index contributed by atoms with van der Waals surface area (Å²) in [5.74, 6) is 0. The van der Waals surface area contributed by atoms with Gasteiger partial charge in [-0.2, -0.15) is 0 Å². The standard InChI is InChI=1S/C16H21NS2/c1-16(2,3)15-10-9-12(19-15)11-17-13-7-5-6-8-14(13)18-4/h5-10,17H,11H2,1-4H3. The number of rotatable bonds is 4. The van der Waals surface area contributed by atoms with Crippen LogP contribution in [0.1, 0.15) is 30.5 Å². The van der Waals surface area contributed by atoms with Crippen LogP contribution in [-0.2, 0) is 12.0 Å². The van der Waals surface area contributed by atoms with Gasteiger partial charge in [0.05, 0.1) is 0 Å². The molecule has 0 fully saturated rings. The summed E-state index contributed by atoms with van der Waals surface area (Å²) in [4.78, 5) is 4.14. The van der Waals surface area contributed by atoms with Crippen LogP contribution in [0, 0.1) is 0 Å². The highest BCUT2D eigenvalue weighted by molar-refractivity contribution is 7.98. The van der Waals surface area contributed by atoms with E-state index in [2.05, 4.69) is 68.7 Å². The van der Waals surface area contributed by atoms with Gasteiger partial charge in [-0.25, -0.2) is 0 Å². The highest BCUT2D eigenvalue weighted by atomic mass is 32.2. The molecule has 0 saturated carbocycles. The average molecular weight is 291 g/mol. The second-order valence-corrected chi connectivity index (χ2v) is 7.59. The molecular formula is C16H21NS2. The van der Waals surface area contributed by atoms with Crippen molar-refractivity contribution < 1.29 is 0 Å². The Morgan fingerprint density at radius 2 is 1.84 bits per heavy atom. The summed E-state index contributed by atoms with van der Waals surface area (Å²) in [6, 6.07) is 12.9. The van der Waals surface area contributed by atoms with Crippen molar-refractivity contribution in [3.8, 4) is 0 Å². The van der Waals surface area contributed by atoms with Gasteiger partial charge in [0.25, 0.3) is 0 Å². The van der Waals surface area contributed by atoms with Gasteiger partial charge >= 0.3 is 0 Å². The van der Waals surface area contributed by atoms with E-state index in [1.807, 2.05) is 11.3 Å². The molecule has 0 amide bonds. The molecule has 1 heterocycles. The van der Waals surface area contributed by atoms with E-state index in [1.165, 1.54) is 20.3 Å². The van der Waals surface area contributed by atoms with E-state index < -0.39 is 0 Å². The van der Waals surface area contributed by atoms with Gasteiger partial charge in [-0.3, -0.25) is 0 Å². The Hall–Kier alpha value is -0.930. The van der Waals surface area contributed by atoms with E-state index in [0.29, 0.717) is 0 Å². The van der Waals surface area contributed by atoms with Crippen molar-refractivity contribution in [3.05, 3.63) is 46.2 Å². The number of anilines is 1. The highest BCUT2D eigenvalue weighted by Gasteiger charge is 2.15. The molecule has 0 bridgehead atoms. The first-order valence-corrected chi connectivity index (χ1v) is 8.51. The van der Waals surface area contributed by atoms with Gasteiger partial charge in [0.15, 0.2) is 0 Å². The van der Waals surface area contributed by atoms with Gasteiger partial charge in [-0.05, 0) is 35.9 Å². The lowest BCUT2D eigenvalue weighted by molar-refractivity contribution is 0.604. The smallest absolute Gasteiger partial charge is 0.0494 e. The third kappa shape index (κ3) is 3.77. The SMILES string of the molecule is CSc1ccccc1NCc1ccc(C(C)(C)C)s1. The molecule has 0 atom stereocenters. The minimum atomic E-state index is 0.250. The van der Waals surface area contributed by atoms with E-state index in [0.717, 1.165) is 6.54 Å². The van der Waals surface area contributed by atoms with Crippen LogP contribution in [0.15, 0.2) is 41.3 Å². The molecule has 1 nitrogen and oxygen atoms in total. The van der Waals surface area contributed by atoms with Crippen LogP contribution in [0.25, 0.3) is 0 Å². The van der Waals surface area contributed by atoms with Gasteiger partial charge in [0.1, 0.15) is 0 Å². The average Bonchev–Trinajstić information content (AvgIpc) is 2.85. The van der Waals surface area contributed by atoms with Gasteiger partial charge in [-0.15, -0.1) is 23.1 Å². The third-order valence-electron chi connectivity index (χ3n) is 2.96. The number of para-hydroxylation sites is 1. The fourth-order valence-corrected chi connectivity index (χ4v) is 3.43. The van der Waals surface area contributed by atoms with E-state index in [4.69, 9.17) is 0 Å². The minimum Gasteiger partial charge on any atom is -0.379 e. The van der Waals surface area contributed by atoms with Crippen LogP contribution in [0.5, 0.6) is 0 Å². The van der Waals surface area contributed by atoms with Crippen LogP contribution in [-0.4, -0.2) is 6.26 Å². The normalized spacial score (nSPS) is 11.6. The van der Waals surface area contributed by atoms with E-state index in [-0.39, 0.29) is 5.41 Å². The Labute approximate surface area is 124 Å². The third-order valence-corrected chi connectivity index (χ3v) is 5.27. The Kier molecular flexibility index (Phi) is 4.58. The molecule has 1 aromatic heterocycles. The van der Waals surface area contributed by atoms with Crippen LogP contribution in [0.4, 0.5) is 5.69 Å². The number of hydrogen-bond donors (Lipinski definition) is 1. The first-order valence-electron chi connectivity index (χ1n) is 6.47. The van der Waals surface area contributed by atoms with Gasteiger partial charge in [0, 0.05) is 26.9 Å². The highest BCUT2D eigenvalue weighted by Crippen LogP contribution is 2.30. The molecule has 0 saturated heterocycles. The minimum absolute atomic E-state index is 0.250. The number of thioether (sulfide) groups is 1. The summed E-state index contributed by atoms with van der Waals surface area (Å²) < 4.78 is 0. The fourth-order valence-electron chi connectivity index (χ4n) is 1.85. The summed E-state index contributed by atoms with van der Waals surface area (Å²) in [6.45, 7) is 7.69. The lowest BCUT2D eigenvalue weighted by atomic mass is 9.95. The molecule has 0 radical (unpaired) electrons. The molecule has 102 valence electrons. The summed E-state index contributed by atoms with van der Waals surface area (Å²) in [5.41, 5.74) is 1.47. The van der Waals surface area contributed by atoms with Crippen LogP contribution >= 0.6 is 23.1 Å². The number of benzene rings is 1. The second-order valence-electron chi connectivity index (χ2n) is 5.57. The monoisotopic (exact) mass is 291 g/mol. The summed E-state index contributed by atoms with van der Waals surface area (Å²) in [5, 5.41) is 3.53. The lowest BCUT2D eigenvalue weighted by Gasteiger charge is -2.15. The molecule has 2 rings (SSSR count). The maximum Gasteiger partial charge on any atom is 0.0494 e. The van der Waals surface area contributed by atoms with Crippen molar-refractivity contribution in [2.24, 2.45) is 0 Å². The first-order chi connectivity index (χ1) is 9.00. The topological polar surface area (TPSA) is 12.0 Å². The van der Waals surface area contributed by atoms with Gasteiger partial charge < -0.3 is 5.32 Å². The van der Waals surface area contributed by atoms with E-state index in [1.54, 1.807) is 11.8 Å². The van der Waals surface area contributed by atoms with Crippen molar-refractivity contribution in [2.45, 2.75) is 37.6 Å². The molecular weight excluding hydrogens is 270 g/mol. The van der Waals surface area contributed by atoms with Crippen LogP contribution < -0.4 is 5.32 Å². The van der Waals surface area contributed by atoms with Crippen molar-refractivity contribution in [1.82, 2.24) is 0 Å². The predicted octanol–water partition coefficient (Wildman–Crippen LogP) is 5.38. The van der Waals surface area contributed by atoms with Gasteiger partial charge in [0.2, 0.25) is 0 Å². The quantitative estimate of drug-likeness (QED) is 0.759. The number of nitrogens with one attached hydrogen (secondary N) is 1. The maximum absolute atomic E-state index is 3.53.